The van der Waals surface area contributed by atoms with Crippen LogP contribution in [0.25, 0.3) is 0 Å². The Morgan fingerprint density at radius 3 is 2.57 bits per heavy atom. The van der Waals surface area contributed by atoms with Gasteiger partial charge < -0.3 is 20.5 Å². The molecular weight excluding hydrogens is 404 g/mol. The summed E-state index contributed by atoms with van der Waals surface area (Å²) in [7, 11) is 1.55. The van der Waals surface area contributed by atoms with Crippen LogP contribution in [0.4, 0.5) is 5.69 Å². The standard InChI is InChI=1S/C15H17BrN2O3S.ClH/c1-9-12(16)13(20-2)14(22-9)15(19)18-10-3-5-11(6-4-10)21-8-7-17;/h3-6H,7-8,17H2,1-2H3,(H,18,19);1H. The second-order valence-corrected chi connectivity index (χ2v) is 6.47. The van der Waals surface area contributed by atoms with Crippen molar-refractivity contribution in [2.45, 2.75) is 6.92 Å². The van der Waals surface area contributed by atoms with Gasteiger partial charge in [-0.15, -0.1) is 23.7 Å². The highest BCUT2D eigenvalue weighted by molar-refractivity contribution is 9.10. The first-order chi connectivity index (χ1) is 10.6. The maximum absolute atomic E-state index is 12.4. The van der Waals surface area contributed by atoms with E-state index in [0.717, 1.165) is 15.1 Å². The van der Waals surface area contributed by atoms with E-state index in [-0.39, 0.29) is 18.3 Å². The summed E-state index contributed by atoms with van der Waals surface area (Å²) < 4.78 is 11.5. The van der Waals surface area contributed by atoms with Gasteiger partial charge in [0.1, 0.15) is 17.2 Å². The molecule has 0 radical (unpaired) electrons. The van der Waals surface area contributed by atoms with Crippen molar-refractivity contribution >= 4 is 51.3 Å². The van der Waals surface area contributed by atoms with Crippen LogP contribution in [-0.2, 0) is 0 Å². The van der Waals surface area contributed by atoms with Gasteiger partial charge in [0.15, 0.2) is 5.75 Å². The Morgan fingerprint density at radius 2 is 2.00 bits per heavy atom. The summed E-state index contributed by atoms with van der Waals surface area (Å²) in [5.41, 5.74) is 6.07. The summed E-state index contributed by atoms with van der Waals surface area (Å²) in [6.45, 7) is 2.86. The van der Waals surface area contributed by atoms with E-state index in [2.05, 4.69) is 21.2 Å². The lowest BCUT2D eigenvalue weighted by Crippen LogP contribution is -2.12. The summed E-state index contributed by atoms with van der Waals surface area (Å²) in [5, 5.41) is 2.85. The number of ether oxygens (including phenoxy) is 2. The highest BCUT2D eigenvalue weighted by Crippen LogP contribution is 2.39. The third-order valence-corrected chi connectivity index (χ3v) is 5.18. The number of hydrogen-bond acceptors (Lipinski definition) is 5. The molecule has 0 saturated carbocycles. The largest absolute Gasteiger partial charge is 0.494 e. The summed E-state index contributed by atoms with van der Waals surface area (Å²) in [5.74, 6) is 1.07. The molecule has 0 bridgehead atoms. The van der Waals surface area contributed by atoms with Gasteiger partial charge in [0.25, 0.3) is 5.91 Å². The number of halogens is 2. The molecule has 1 aromatic heterocycles. The molecule has 0 atom stereocenters. The van der Waals surface area contributed by atoms with Crippen molar-refractivity contribution in [2.75, 3.05) is 25.6 Å². The molecule has 2 aromatic rings. The van der Waals surface area contributed by atoms with Gasteiger partial charge in [-0.05, 0) is 47.1 Å². The molecule has 0 aliphatic carbocycles. The van der Waals surface area contributed by atoms with Crippen molar-refractivity contribution < 1.29 is 14.3 Å². The molecule has 0 spiro atoms. The molecule has 1 heterocycles. The Labute approximate surface area is 153 Å². The predicted molar refractivity (Wildman–Crippen MR) is 99.5 cm³/mol. The predicted octanol–water partition coefficient (Wildman–Crippen LogP) is 3.84. The lowest BCUT2D eigenvalue weighted by Gasteiger charge is -2.08. The average Bonchev–Trinajstić information content (AvgIpc) is 2.81. The van der Waals surface area contributed by atoms with Crippen LogP contribution < -0.4 is 20.5 Å². The molecular formula is C15H18BrClN2O3S. The number of aryl methyl sites for hydroxylation is 1. The Balaban J connectivity index is 0.00000264. The van der Waals surface area contributed by atoms with Crippen molar-refractivity contribution in [3.63, 3.8) is 0 Å². The number of nitrogens with two attached hydrogens (primary N) is 1. The number of rotatable bonds is 6. The molecule has 5 nitrogen and oxygen atoms in total. The SMILES string of the molecule is COc1c(C(=O)Nc2ccc(OCCN)cc2)sc(C)c1Br.Cl. The molecule has 1 aromatic carbocycles. The van der Waals surface area contributed by atoms with Crippen molar-refractivity contribution in [1.29, 1.82) is 0 Å². The normalized spacial score (nSPS) is 9.91. The van der Waals surface area contributed by atoms with Gasteiger partial charge in [-0.2, -0.15) is 0 Å². The monoisotopic (exact) mass is 420 g/mol. The van der Waals surface area contributed by atoms with E-state index in [4.69, 9.17) is 15.2 Å². The average molecular weight is 422 g/mol. The maximum atomic E-state index is 12.4. The van der Waals surface area contributed by atoms with Crippen LogP contribution in [0.1, 0.15) is 14.5 Å². The van der Waals surface area contributed by atoms with E-state index in [1.165, 1.54) is 11.3 Å². The van der Waals surface area contributed by atoms with E-state index < -0.39 is 0 Å². The number of methoxy groups -OCH3 is 1. The summed E-state index contributed by atoms with van der Waals surface area (Å²) >= 11 is 4.81. The van der Waals surface area contributed by atoms with Crippen LogP contribution >= 0.6 is 39.7 Å². The molecule has 0 aliphatic heterocycles. The quantitative estimate of drug-likeness (QED) is 0.743. The second kappa shape index (κ2) is 9.12. The van der Waals surface area contributed by atoms with E-state index in [1.807, 2.05) is 6.92 Å². The number of thiophene rings is 1. The topological polar surface area (TPSA) is 73.6 Å². The molecule has 1 amide bonds. The summed E-state index contributed by atoms with van der Waals surface area (Å²) in [6, 6.07) is 7.15. The van der Waals surface area contributed by atoms with Crippen LogP contribution in [0, 0.1) is 6.92 Å². The van der Waals surface area contributed by atoms with Crippen LogP contribution in [0.15, 0.2) is 28.7 Å². The van der Waals surface area contributed by atoms with Gasteiger partial charge in [-0.1, -0.05) is 0 Å². The van der Waals surface area contributed by atoms with Crippen LogP contribution in [0.3, 0.4) is 0 Å². The van der Waals surface area contributed by atoms with Gasteiger partial charge in [-0.25, -0.2) is 0 Å². The van der Waals surface area contributed by atoms with Crippen LogP contribution in [-0.4, -0.2) is 26.2 Å². The number of amides is 1. The molecule has 8 heteroatoms. The second-order valence-electron chi connectivity index (χ2n) is 4.45. The van der Waals surface area contributed by atoms with Crippen molar-refractivity contribution in [2.24, 2.45) is 5.73 Å². The molecule has 0 fully saturated rings. The fourth-order valence-corrected chi connectivity index (χ4v) is 3.48. The van der Waals surface area contributed by atoms with E-state index >= 15 is 0 Å². The zero-order valence-corrected chi connectivity index (χ0v) is 15.9. The minimum atomic E-state index is -0.203. The number of hydrogen-bond donors (Lipinski definition) is 2. The number of carbonyl (C=O) groups excluding carboxylic acids is 1. The van der Waals surface area contributed by atoms with Crippen molar-refractivity contribution in [3.05, 3.63) is 38.5 Å². The zero-order chi connectivity index (χ0) is 16.1. The van der Waals surface area contributed by atoms with Crippen molar-refractivity contribution in [3.8, 4) is 11.5 Å². The fourth-order valence-electron chi connectivity index (χ4n) is 1.83. The van der Waals surface area contributed by atoms with Crippen LogP contribution in [0.5, 0.6) is 11.5 Å². The molecule has 0 unspecified atom stereocenters. The molecule has 126 valence electrons. The smallest absolute Gasteiger partial charge is 0.269 e. The minimum absolute atomic E-state index is 0. The lowest BCUT2D eigenvalue weighted by molar-refractivity contribution is 0.102. The third kappa shape index (κ3) is 4.84. The first kappa shape index (κ1) is 19.8. The minimum Gasteiger partial charge on any atom is -0.494 e. The Bertz CT molecular complexity index is 661. The van der Waals surface area contributed by atoms with Gasteiger partial charge in [0.05, 0.1) is 11.6 Å². The van der Waals surface area contributed by atoms with Crippen molar-refractivity contribution in [1.82, 2.24) is 0 Å². The Morgan fingerprint density at radius 1 is 1.35 bits per heavy atom. The number of anilines is 1. The molecule has 0 aliphatic rings. The Kier molecular flexibility index (Phi) is 7.84. The highest BCUT2D eigenvalue weighted by atomic mass is 79.9. The molecule has 3 N–H and O–H groups in total. The molecule has 0 saturated heterocycles. The van der Waals surface area contributed by atoms with E-state index in [9.17, 15) is 4.79 Å². The molecule has 23 heavy (non-hydrogen) atoms. The summed E-state index contributed by atoms with van der Waals surface area (Å²) in [6.07, 6.45) is 0. The number of carbonyl (C=O) groups is 1. The fraction of sp³-hybridized carbons (Fsp3) is 0.267. The maximum Gasteiger partial charge on any atom is 0.269 e. The first-order valence-corrected chi connectivity index (χ1v) is 8.25. The Hall–Kier alpha value is -1.28. The van der Waals surface area contributed by atoms with Gasteiger partial charge in [0, 0.05) is 17.1 Å². The highest BCUT2D eigenvalue weighted by Gasteiger charge is 2.20. The lowest BCUT2D eigenvalue weighted by atomic mass is 10.3. The number of nitrogens with one attached hydrogen (secondary N) is 1. The number of benzene rings is 1. The van der Waals surface area contributed by atoms with Gasteiger partial charge >= 0.3 is 0 Å². The summed E-state index contributed by atoms with van der Waals surface area (Å²) in [4.78, 5) is 13.9. The van der Waals surface area contributed by atoms with E-state index in [1.54, 1.807) is 31.4 Å². The molecule has 2 rings (SSSR count). The van der Waals surface area contributed by atoms with Gasteiger partial charge in [-0.3, -0.25) is 4.79 Å². The zero-order valence-electron chi connectivity index (χ0n) is 12.7. The third-order valence-electron chi connectivity index (χ3n) is 2.88. The first-order valence-electron chi connectivity index (χ1n) is 6.64. The van der Waals surface area contributed by atoms with Crippen LogP contribution in [0.2, 0.25) is 0 Å². The van der Waals surface area contributed by atoms with E-state index in [0.29, 0.717) is 29.5 Å². The van der Waals surface area contributed by atoms with Gasteiger partial charge in [0.2, 0.25) is 0 Å².